The number of likely N-dealkylation sites (tertiary alicyclic amines) is 1. The second-order valence-electron chi connectivity index (χ2n) is 5.74. The first kappa shape index (κ1) is 20.5. The van der Waals surface area contributed by atoms with E-state index in [-0.39, 0.29) is 36.8 Å². The number of aromatic nitrogens is 4. The Morgan fingerprint density at radius 3 is 2.58 bits per heavy atom. The van der Waals surface area contributed by atoms with Gasteiger partial charge >= 0.3 is 0 Å². The minimum atomic E-state index is -0.325. The zero-order valence-electron chi connectivity index (χ0n) is 13.8. The van der Waals surface area contributed by atoms with Crippen LogP contribution < -0.4 is 5.32 Å². The van der Waals surface area contributed by atoms with Crippen LogP contribution in [0.4, 0.5) is 0 Å². The number of amides is 1. The molecule has 1 aliphatic rings. The molecule has 1 fully saturated rings. The van der Waals surface area contributed by atoms with Gasteiger partial charge in [-0.25, -0.2) is 4.98 Å². The summed E-state index contributed by atoms with van der Waals surface area (Å²) >= 11 is 0. The molecule has 0 saturated carbocycles. The van der Waals surface area contributed by atoms with Gasteiger partial charge in [0.2, 0.25) is 5.91 Å². The van der Waals surface area contributed by atoms with Crippen molar-refractivity contribution in [1.29, 1.82) is 0 Å². The monoisotopic (exact) mass is 374 g/mol. The third-order valence-corrected chi connectivity index (χ3v) is 4.31. The van der Waals surface area contributed by atoms with E-state index in [2.05, 4.69) is 20.4 Å². The number of hydrogen-bond donors (Lipinski definition) is 2. The van der Waals surface area contributed by atoms with E-state index >= 15 is 0 Å². The lowest BCUT2D eigenvalue weighted by Gasteiger charge is -2.33. The topological polar surface area (TPSA) is 78.8 Å². The third-order valence-electron chi connectivity index (χ3n) is 4.31. The first-order valence-electron chi connectivity index (χ1n) is 7.63. The van der Waals surface area contributed by atoms with Crippen LogP contribution >= 0.6 is 24.8 Å². The highest BCUT2D eigenvalue weighted by Crippen LogP contribution is 2.27. The molecule has 0 radical (unpaired) electrons. The normalized spacial score (nSPS) is 16.2. The Hall–Kier alpha value is -1.57. The summed E-state index contributed by atoms with van der Waals surface area (Å²) in [4.78, 5) is 22.2. The van der Waals surface area contributed by atoms with Gasteiger partial charge in [0.1, 0.15) is 11.9 Å². The Kier molecular flexibility index (Phi) is 7.72. The average molecular weight is 375 g/mol. The molecule has 7 nitrogen and oxygen atoms in total. The van der Waals surface area contributed by atoms with Gasteiger partial charge in [0.05, 0.1) is 6.20 Å². The van der Waals surface area contributed by atoms with Crippen molar-refractivity contribution in [1.82, 2.24) is 30.0 Å². The van der Waals surface area contributed by atoms with Crippen molar-refractivity contribution >= 4 is 30.7 Å². The fourth-order valence-corrected chi connectivity index (χ4v) is 3.08. The Labute approximate surface area is 154 Å². The minimum absolute atomic E-state index is 0. The summed E-state index contributed by atoms with van der Waals surface area (Å²) in [5.41, 5.74) is 0.906. The predicted octanol–water partition coefficient (Wildman–Crippen LogP) is 1.65. The number of hydrogen-bond acceptors (Lipinski definition) is 4. The van der Waals surface area contributed by atoms with E-state index in [0.29, 0.717) is 5.92 Å². The van der Waals surface area contributed by atoms with Crippen molar-refractivity contribution in [2.45, 2.75) is 24.8 Å². The molecule has 3 heterocycles. The lowest BCUT2D eigenvalue weighted by molar-refractivity contribution is -0.134. The summed E-state index contributed by atoms with van der Waals surface area (Å²) < 4.78 is 1.72. The van der Waals surface area contributed by atoms with Gasteiger partial charge in [-0.1, -0.05) is 0 Å². The molecular formula is C15H24Cl2N6O. The van der Waals surface area contributed by atoms with E-state index in [0.717, 1.165) is 37.3 Å². The number of nitrogens with one attached hydrogen (secondary N) is 2. The molecule has 3 rings (SSSR count). The van der Waals surface area contributed by atoms with Crippen LogP contribution in [0.2, 0.25) is 0 Å². The standard InChI is InChI=1S/C15H22N6O.2ClH/c1-16-13(12-9-19-20(2)10-12)15(22)21-7-3-11(4-8-21)14-17-5-6-18-14;;/h5-6,9-11,13,16H,3-4,7-8H2,1-2H3,(H,17,18);2*1H. The molecule has 9 heteroatoms. The Morgan fingerprint density at radius 2 is 2.08 bits per heavy atom. The van der Waals surface area contributed by atoms with Crippen LogP contribution in [0.3, 0.4) is 0 Å². The van der Waals surface area contributed by atoms with Crippen molar-refractivity contribution < 1.29 is 4.79 Å². The Balaban J connectivity index is 0.00000144. The molecule has 1 unspecified atom stereocenters. The van der Waals surface area contributed by atoms with Crippen molar-refractivity contribution in [3.05, 3.63) is 36.2 Å². The highest BCUT2D eigenvalue weighted by Gasteiger charge is 2.30. The van der Waals surface area contributed by atoms with Crippen LogP contribution in [0, 0.1) is 0 Å². The number of imidazole rings is 1. The Morgan fingerprint density at radius 1 is 1.38 bits per heavy atom. The van der Waals surface area contributed by atoms with Crippen LogP contribution in [0.25, 0.3) is 0 Å². The van der Waals surface area contributed by atoms with Crippen LogP contribution in [-0.4, -0.2) is 50.7 Å². The highest BCUT2D eigenvalue weighted by molar-refractivity contribution is 5.85. The van der Waals surface area contributed by atoms with Crippen molar-refractivity contribution in [2.24, 2.45) is 7.05 Å². The van der Waals surface area contributed by atoms with Crippen LogP contribution in [0.5, 0.6) is 0 Å². The van der Waals surface area contributed by atoms with Crippen LogP contribution in [-0.2, 0) is 11.8 Å². The molecule has 0 spiro atoms. The maximum absolute atomic E-state index is 12.7. The number of piperidine rings is 1. The second-order valence-corrected chi connectivity index (χ2v) is 5.74. The maximum Gasteiger partial charge on any atom is 0.244 e. The number of rotatable bonds is 4. The smallest absolute Gasteiger partial charge is 0.244 e. The predicted molar refractivity (Wildman–Crippen MR) is 96.6 cm³/mol. The minimum Gasteiger partial charge on any atom is -0.348 e. The van der Waals surface area contributed by atoms with E-state index < -0.39 is 0 Å². The number of likely N-dealkylation sites (N-methyl/N-ethyl adjacent to an activating group) is 1. The first-order valence-corrected chi connectivity index (χ1v) is 7.63. The quantitative estimate of drug-likeness (QED) is 0.852. The zero-order chi connectivity index (χ0) is 15.5. The summed E-state index contributed by atoms with van der Waals surface area (Å²) in [6, 6.07) is -0.325. The Bertz CT molecular complexity index is 622. The summed E-state index contributed by atoms with van der Waals surface area (Å²) in [6.45, 7) is 1.53. The molecule has 0 aliphatic carbocycles. The first-order chi connectivity index (χ1) is 10.7. The molecule has 1 amide bonds. The van der Waals surface area contributed by atoms with Gasteiger partial charge < -0.3 is 15.2 Å². The van der Waals surface area contributed by atoms with E-state index in [1.165, 1.54) is 0 Å². The molecule has 2 aromatic rings. The van der Waals surface area contributed by atoms with E-state index in [9.17, 15) is 4.79 Å². The number of H-pyrrole nitrogens is 1. The summed E-state index contributed by atoms with van der Waals surface area (Å²) in [7, 11) is 3.67. The van der Waals surface area contributed by atoms with Gasteiger partial charge in [0.25, 0.3) is 0 Å². The molecule has 1 saturated heterocycles. The van der Waals surface area contributed by atoms with Gasteiger partial charge in [0, 0.05) is 50.2 Å². The number of nitrogens with zero attached hydrogens (tertiary/aromatic N) is 4. The highest BCUT2D eigenvalue weighted by atomic mass is 35.5. The summed E-state index contributed by atoms with van der Waals surface area (Å²) in [6.07, 6.45) is 9.16. The SMILES string of the molecule is CNC(C(=O)N1CCC(c2ncc[nH]2)CC1)c1cnn(C)c1.Cl.Cl. The van der Waals surface area contributed by atoms with Gasteiger partial charge in [-0.3, -0.25) is 9.48 Å². The lowest BCUT2D eigenvalue weighted by atomic mass is 9.95. The number of carbonyl (C=O) groups is 1. The fraction of sp³-hybridized carbons (Fsp3) is 0.533. The summed E-state index contributed by atoms with van der Waals surface area (Å²) in [5, 5.41) is 7.26. The molecule has 2 aromatic heterocycles. The van der Waals surface area contributed by atoms with Crippen molar-refractivity contribution in [3.63, 3.8) is 0 Å². The molecular weight excluding hydrogens is 351 g/mol. The van der Waals surface area contributed by atoms with Gasteiger partial charge in [-0.05, 0) is 19.9 Å². The largest absolute Gasteiger partial charge is 0.348 e. The van der Waals surface area contributed by atoms with E-state index in [4.69, 9.17) is 0 Å². The molecule has 0 aromatic carbocycles. The number of halogens is 2. The maximum atomic E-state index is 12.7. The average Bonchev–Trinajstić information content (AvgIpc) is 3.20. The number of aromatic amines is 1. The zero-order valence-corrected chi connectivity index (χ0v) is 15.4. The van der Waals surface area contributed by atoms with E-state index in [1.54, 1.807) is 17.1 Å². The van der Waals surface area contributed by atoms with Gasteiger partial charge in [-0.15, -0.1) is 24.8 Å². The van der Waals surface area contributed by atoms with Crippen molar-refractivity contribution in [2.75, 3.05) is 20.1 Å². The van der Waals surface area contributed by atoms with Crippen LogP contribution in [0.15, 0.2) is 24.8 Å². The fourth-order valence-electron chi connectivity index (χ4n) is 3.08. The summed E-state index contributed by atoms with van der Waals surface area (Å²) in [5.74, 6) is 1.57. The van der Waals surface area contributed by atoms with Gasteiger partial charge in [0.15, 0.2) is 0 Å². The third kappa shape index (κ3) is 4.28. The van der Waals surface area contributed by atoms with E-state index in [1.807, 2.05) is 31.4 Å². The molecule has 1 atom stereocenters. The number of carbonyl (C=O) groups excluding carboxylic acids is 1. The lowest BCUT2D eigenvalue weighted by Crippen LogP contribution is -2.43. The second kappa shape index (κ2) is 9.05. The molecule has 0 bridgehead atoms. The molecule has 24 heavy (non-hydrogen) atoms. The molecule has 1 aliphatic heterocycles. The van der Waals surface area contributed by atoms with Gasteiger partial charge in [-0.2, -0.15) is 5.10 Å². The van der Waals surface area contributed by atoms with Crippen molar-refractivity contribution in [3.8, 4) is 0 Å². The number of aryl methyl sites for hydroxylation is 1. The molecule has 2 N–H and O–H groups in total. The van der Waals surface area contributed by atoms with Crippen LogP contribution in [0.1, 0.15) is 36.2 Å². The molecule has 134 valence electrons.